The lowest BCUT2D eigenvalue weighted by atomic mass is 10.1. The van der Waals surface area contributed by atoms with Crippen LogP contribution < -0.4 is 20.7 Å². The van der Waals surface area contributed by atoms with Gasteiger partial charge in [-0.25, -0.2) is 4.39 Å². The van der Waals surface area contributed by atoms with Crippen molar-refractivity contribution in [1.29, 1.82) is 0 Å². The molecule has 2 aliphatic heterocycles. The fourth-order valence-electron chi connectivity index (χ4n) is 3.74. The van der Waals surface area contributed by atoms with Gasteiger partial charge in [-0.2, -0.15) is 0 Å². The van der Waals surface area contributed by atoms with E-state index in [1.54, 1.807) is 6.07 Å². The predicted molar refractivity (Wildman–Crippen MR) is 119 cm³/mol. The lowest BCUT2D eigenvalue weighted by Crippen LogP contribution is -2.52. The highest BCUT2D eigenvalue weighted by Crippen LogP contribution is 2.31. The van der Waals surface area contributed by atoms with Gasteiger partial charge in [0.1, 0.15) is 0 Å². The number of hydrogen-bond acceptors (Lipinski definition) is 7. The van der Waals surface area contributed by atoms with Gasteiger partial charge in [0.05, 0.1) is 37.8 Å². The molecule has 0 bridgehead atoms. The molecule has 2 aromatic rings. The number of nitrogen functional groups attached to an aromatic ring is 1. The lowest BCUT2D eigenvalue weighted by molar-refractivity contribution is -0.171. The number of halogens is 1. The van der Waals surface area contributed by atoms with Crippen LogP contribution in [0.4, 0.5) is 27.1 Å². The van der Waals surface area contributed by atoms with Crippen LogP contribution in [0.5, 0.6) is 5.75 Å². The van der Waals surface area contributed by atoms with Crippen LogP contribution in [0.2, 0.25) is 0 Å². The Kier molecular flexibility index (Phi) is 7.11. The van der Waals surface area contributed by atoms with E-state index in [1.807, 2.05) is 24.3 Å². The van der Waals surface area contributed by atoms with Gasteiger partial charge in [-0.15, -0.1) is 0 Å². The first kappa shape index (κ1) is 21.7. The van der Waals surface area contributed by atoms with Gasteiger partial charge in [0.25, 0.3) is 0 Å². The molecule has 8 heteroatoms. The summed E-state index contributed by atoms with van der Waals surface area (Å²) >= 11 is 0. The summed E-state index contributed by atoms with van der Waals surface area (Å²) in [4.78, 5) is 2.26. The molecule has 0 amide bonds. The molecular weight excluding hydrogens is 401 g/mol. The van der Waals surface area contributed by atoms with Gasteiger partial charge in [0.2, 0.25) is 0 Å². The molecule has 2 fully saturated rings. The number of hydrogen-bond donors (Lipinski definition) is 2. The van der Waals surface area contributed by atoms with Gasteiger partial charge < -0.3 is 34.9 Å². The second kappa shape index (κ2) is 10.2. The van der Waals surface area contributed by atoms with Crippen LogP contribution in [0.3, 0.4) is 0 Å². The average Bonchev–Trinajstić information content (AvgIpc) is 2.76. The molecule has 2 aromatic carbocycles. The summed E-state index contributed by atoms with van der Waals surface area (Å²) in [5.74, 6) is -0.332. The normalized spacial score (nSPS) is 19.2. The lowest BCUT2D eigenvalue weighted by Gasteiger charge is -2.40. The second-order valence-electron chi connectivity index (χ2n) is 7.81. The number of nitrogens with two attached hydrogens (primary N) is 1. The summed E-state index contributed by atoms with van der Waals surface area (Å²) < 4.78 is 35.9. The number of rotatable bonds is 9. The van der Waals surface area contributed by atoms with Crippen molar-refractivity contribution >= 4 is 22.7 Å². The van der Waals surface area contributed by atoms with Gasteiger partial charge in [0.15, 0.2) is 17.9 Å². The van der Waals surface area contributed by atoms with Crippen LogP contribution in [0, 0.1) is 5.82 Å². The van der Waals surface area contributed by atoms with Crippen LogP contribution >= 0.6 is 0 Å². The Morgan fingerprint density at radius 3 is 2.61 bits per heavy atom. The molecule has 4 rings (SSSR count). The van der Waals surface area contributed by atoms with E-state index >= 15 is 0 Å². The van der Waals surface area contributed by atoms with E-state index in [0.717, 1.165) is 43.9 Å². The third-order valence-electron chi connectivity index (χ3n) is 5.56. The molecule has 1 unspecified atom stereocenters. The minimum atomic E-state index is -0.482. The largest absolute Gasteiger partial charge is 0.494 e. The zero-order chi connectivity index (χ0) is 21.6. The second-order valence-corrected chi connectivity index (χ2v) is 7.81. The number of ether oxygens (including phenoxy) is 4. The summed E-state index contributed by atoms with van der Waals surface area (Å²) in [6.45, 7) is 3.66. The van der Waals surface area contributed by atoms with Crippen molar-refractivity contribution in [2.45, 2.75) is 31.7 Å². The third-order valence-corrected chi connectivity index (χ3v) is 5.56. The van der Waals surface area contributed by atoms with E-state index < -0.39 is 5.82 Å². The Balaban J connectivity index is 1.20. The maximum atomic E-state index is 13.7. The van der Waals surface area contributed by atoms with Crippen molar-refractivity contribution in [3.8, 4) is 5.75 Å². The van der Waals surface area contributed by atoms with E-state index in [0.29, 0.717) is 24.6 Å². The van der Waals surface area contributed by atoms with E-state index in [1.165, 1.54) is 19.6 Å². The van der Waals surface area contributed by atoms with Gasteiger partial charge in [-0.1, -0.05) is 0 Å². The van der Waals surface area contributed by atoms with Crippen molar-refractivity contribution in [1.82, 2.24) is 0 Å². The standard InChI is InChI=1S/C23H30FN3O4/c1-28-22-13-21(20(25)12-19(22)24)26-16-5-7-17(8-6-16)27-14-18(15-27)29-10-11-31-23-4-2-3-9-30-23/h5-8,12-13,18,23,26H,2-4,9-11,14-15,25H2,1H3. The van der Waals surface area contributed by atoms with E-state index in [-0.39, 0.29) is 18.1 Å². The minimum Gasteiger partial charge on any atom is -0.494 e. The number of nitrogens with zero attached hydrogens (tertiary/aromatic N) is 1. The van der Waals surface area contributed by atoms with Crippen LogP contribution in [0.25, 0.3) is 0 Å². The van der Waals surface area contributed by atoms with E-state index in [9.17, 15) is 4.39 Å². The summed E-state index contributed by atoms with van der Waals surface area (Å²) in [5, 5.41) is 3.21. The molecule has 7 nitrogen and oxygen atoms in total. The highest BCUT2D eigenvalue weighted by atomic mass is 19.1. The molecule has 2 aliphatic rings. The molecule has 0 saturated carbocycles. The smallest absolute Gasteiger partial charge is 0.167 e. The van der Waals surface area contributed by atoms with Crippen LogP contribution in [0.1, 0.15) is 19.3 Å². The molecule has 168 valence electrons. The van der Waals surface area contributed by atoms with Crippen molar-refractivity contribution in [2.24, 2.45) is 0 Å². The van der Waals surface area contributed by atoms with E-state index in [2.05, 4.69) is 10.2 Å². The van der Waals surface area contributed by atoms with Crippen molar-refractivity contribution in [3.63, 3.8) is 0 Å². The molecular formula is C23H30FN3O4. The van der Waals surface area contributed by atoms with Crippen LogP contribution in [-0.4, -0.2) is 52.4 Å². The van der Waals surface area contributed by atoms with E-state index in [4.69, 9.17) is 24.7 Å². The first-order chi connectivity index (χ1) is 15.1. The quantitative estimate of drug-likeness (QED) is 0.460. The molecule has 0 aliphatic carbocycles. The van der Waals surface area contributed by atoms with Gasteiger partial charge >= 0.3 is 0 Å². The molecule has 3 N–H and O–H groups in total. The van der Waals surface area contributed by atoms with Gasteiger partial charge in [-0.3, -0.25) is 0 Å². The Morgan fingerprint density at radius 2 is 1.90 bits per heavy atom. The monoisotopic (exact) mass is 431 g/mol. The predicted octanol–water partition coefficient (Wildman–Crippen LogP) is 3.91. The minimum absolute atomic E-state index is 0.0614. The average molecular weight is 432 g/mol. The molecule has 2 heterocycles. The molecule has 2 saturated heterocycles. The summed E-state index contributed by atoms with van der Waals surface area (Å²) in [7, 11) is 1.43. The first-order valence-corrected chi connectivity index (χ1v) is 10.7. The number of benzene rings is 2. The number of methoxy groups -OCH3 is 1. The summed E-state index contributed by atoms with van der Waals surface area (Å²) in [6, 6.07) is 10.8. The Morgan fingerprint density at radius 1 is 1.13 bits per heavy atom. The third kappa shape index (κ3) is 5.58. The Labute approximate surface area is 182 Å². The van der Waals surface area contributed by atoms with Gasteiger partial charge in [-0.05, 0) is 43.5 Å². The highest BCUT2D eigenvalue weighted by Gasteiger charge is 2.27. The SMILES string of the molecule is COc1cc(Nc2ccc(N3CC(OCCOC4CCCCO4)C3)cc2)c(N)cc1F. The van der Waals surface area contributed by atoms with Crippen molar-refractivity contribution in [2.75, 3.05) is 56.0 Å². The highest BCUT2D eigenvalue weighted by molar-refractivity contribution is 5.75. The molecule has 31 heavy (non-hydrogen) atoms. The van der Waals surface area contributed by atoms with Gasteiger partial charge in [0, 0.05) is 43.2 Å². The van der Waals surface area contributed by atoms with Crippen molar-refractivity contribution < 1.29 is 23.3 Å². The fraction of sp³-hybridized carbons (Fsp3) is 0.478. The molecule has 1 atom stereocenters. The number of anilines is 4. The zero-order valence-corrected chi connectivity index (χ0v) is 17.8. The maximum absolute atomic E-state index is 13.7. The zero-order valence-electron chi connectivity index (χ0n) is 17.8. The Bertz CT molecular complexity index is 853. The first-order valence-electron chi connectivity index (χ1n) is 10.7. The molecule has 0 radical (unpaired) electrons. The number of nitrogens with one attached hydrogen (secondary N) is 1. The van der Waals surface area contributed by atoms with Crippen LogP contribution in [0.15, 0.2) is 36.4 Å². The summed E-state index contributed by atoms with van der Waals surface area (Å²) in [6.07, 6.45) is 3.43. The van der Waals surface area contributed by atoms with Crippen molar-refractivity contribution in [3.05, 3.63) is 42.2 Å². The fourth-order valence-corrected chi connectivity index (χ4v) is 3.74. The summed E-state index contributed by atoms with van der Waals surface area (Å²) in [5.41, 5.74) is 8.82. The Hall–Kier alpha value is -2.55. The molecule has 0 aromatic heterocycles. The maximum Gasteiger partial charge on any atom is 0.167 e. The topological polar surface area (TPSA) is 78.2 Å². The van der Waals surface area contributed by atoms with Crippen LogP contribution in [-0.2, 0) is 14.2 Å². The molecule has 0 spiro atoms.